The van der Waals surface area contributed by atoms with Crippen molar-refractivity contribution in [3.8, 4) is 0 Å². The smallest absolute Gasteiger partial charge is 0.261 e. The number of hydrogen-bond acceptors (Lipinski definition) is 4. The fraction of sp³-hybridized carbons (Fsp3) is 0.526. The number of carbonyl (C=O) groups is 3. The van der Waals surface area contributed by atoms with E-state index in [1.165, 1.54) is 38.4 Å². The van der Waals surface area contributed by atoms with Crippen molar-refractivity contribution in [1.29, 1.82) is 0 Å². The molecule has 0 radical (unpaired) electrons. The van der Waals surface area contributed by atoms with Crippen LogP contribution < -0.4 is 5.32 Å². The zero-order chi connectivity index (χ0) is 18.0. The van der Waals surface area contributed by atoms with Crippen LogP contribution in [-0.2, 0) is 4.74 Å². The molecule has 0 aromatic heterocycles. The lowest BCUT2D eigenvalue weighted by Gasteiger charge is -2.28. The predicted molar refractivity (Wildman–Crippen MR) is 92.6 cm³/mol. The zero-order valence-electron chi connectivity index (χ0n) is 14.7. The van der Waals surface area contributed by atoms with E-state index in [0.29, 0.717) is 30.2 Å². The van der Waals surface area contributed by atoms with Crippen molar-refractivity contribution in [3.05, 3.63) is 34.9 Å². The van der Waals surface area contributed by atoms with Crippen LogP contribution in [0.3, 0.4) is 0 Å². The summed E-state index contributed by atoms with van der Waals surface area (Å²) >= 11 is 0. The Bertz CT molecular complexity index is 701. The number of ether oxygens (including phenoxy) is 1. The maximum absolute atomic E-state index is 12.3. The molecular weight excluding hydrogens is 320 g/mol. The molecule has 3 amide bonds. The molecule has 0 spiro atoms. The highest BCUT2D eigenvalue weighted by atomic mass is 16.5. The van der Waals surface area contributed by atoms with Crippen LogP contribution >= 0.6 is 0 Å². The van der Waals surface area contributed by atoms with Gasteiger partial charge in [-0.25, -0.2) is 0 Å². The third kappa shape index (κ3) is 3.58. The first-order chi connectivity index (χ1) is 12.0. The summed E-state index contributed by atoms with van der Waals surface area (Å²) in [5.41, 5.74) is 1.01. The fourth-order valence-electron chi connectivity index (χ4n) is 3.51. The lowest BCUT2D eigenvalue weighted by Crippen LogP contribution is -2.31. The van der Waals surface area contributed by atoms with E-state index >= 15 is 0 Å². The van der Waals surface area contributed by atoms with Gasteiger partial charge in [0.2, 0.25) is 0 Å². The second-order valence-electron chi connectivity index (χ2n) is 6.86. The molecule has 6 heteroatoms. The lowest BCUT2D eigenvalue weighted by atomic mass is 9.88. The van der Waals surface area contributed by atoms with Crippen LogP contribution in [0, 0.1) is 5.92 Å². The van der Waals surface area contributed by atoms with E-state index in [9.17, 15) is 14.4 Å². The van der Waals surface area contributed by atoms with Crippen molar-refractivity contribution in [1.82, 2.24) is 10.2 Å². The van der Waals surface area contributed by atoms with E-state index in [-0.39, 0.29) is 29.4 Å². The summed E-state index contributed by atoms with van der Waals surface area (Å²) in [6.07, 6.45) is 5.05. The molecule has 1 aromatic carbocycles. The predicted octanol–water partition coefficient (Wildman–Crippen LogP) is 2.24. The fourth-order valence-corrected chi connectivity index (χ4v) is 3.51. The summed E-state index contributed by atoms with van der Waals surface area (Å²) in [6.45, 7) is 3.11. The molecule has 1 heterocycles. The van der Waals surface area contributed by atoms with E-state index in [1.807, 2.05) is 0 Å². The molecule has 1 aliphatic carbocycles. The highest BCUT2D eigenvalue weighted by Gasteiger charge is 2.33. The normalized spacial score (nSPS) is 22.9. The monoisotopic (exact) mass is 344 g/mol. The third-order valence-electron chi connectivity index (χ3n) is 5.10. The van der Waals surface area contributed by atoms with E-state index in [1.54, 1.807) is 6.07 Å². The van der Waals surface area contributed by atoms with Gasteiger partial charge in [-0.1, -0.05) is 19.8 Å². The maximum atomic E-state index is 12.3. The number of rotatable bonds is 5. The van der Waals surface area contributed by atoms with Gasteiger partial charge in [-0.15, -0.1) is 0 Å². The number of nitrogens with zero attached hydrogens (tertiary/aromatic N) is 1. The number of benzene rings is 1. The minimum absolute atomic E-state index is 0.266. The maximum Gasteiger partial charge on any atom is 0.261 e. The Balaban J connectivity index is 1.52. The molecule has 0 bridgehead atoms. The first-order valence-corrected chi connectivity index (χ1v) is 8.85. The number of amides is 3. The summed E-state index contributed by atoms with van der Waals surface area (Å²) in [7, 11) is 1.44. The Morgan fingerprint density at radius 1 is 1.20 bits per heavy atom. The lowest BCUT2D eigenvalue weighted by molar-refractivity contribution is -0.00293. The Hall–Kier alpha value is -2.21. The molecule has 3 rings (SSSR count). The number of nitrogens with one attached hydrogen (secondary N) is 1. The first kappa shape index (κ1) is 17.6. The average Bonchev–Trinajstić information content (AvgIpc) is 2.84. The Morgan fingerprint density at radius 3 is 2.68 bits per heavy atom. The van der Waals surface area contributed by atoms with Crippen LogP contribution in [-0.4, -0.2) is 48.9 Å². The second kappa shape index (κ2) is 7.35. The summed E-state index contributed by atoms with van der Waals surface area (Å²) < 4.78 is 5.88. The SMILES string of the molecule is C[C@H]1CCCC[C@@H]1OCCNC(=O)c1ccc2c(c1)C(=O)N(C)C2=O. The molecule has 0 saturated heterocycles. The molecular formula is C19H24N2O4. The standard InChI is InChI=1S/C19H24N2O4/c1-12-5-3-4-6-16(12)25-10-9-20-17(22)13-7-8-14-15(11-13)19(24)21(2)18(14)23/h7-8,11-12,16H,3-6,9-10H2,1-2H3,(H,20,22)/t12-,16-/m0/s1. The van der Waals surface area contributed by atoms with Crippen molar-refractivity contribution < 1.29 is 19.1 Å². The molecule has 1 N–H and O–H groups in total. The van der Waals surface area contributed by atoms with Crippen LogP contribution in [0.1, 0.15) is 63.7 Å². The molecule has 1 aromatic rings. The highest BCUT2D eigenvalue weighted by molar-refractivity contribution is 6.21. The minimum atomic E-state index is -0.371. The molecule has 134 valence electrons. The van der Waals surface area contributed by atoms with Crippen molar-refractivity contribution >= 4 is 17.7 Å². The zero-order valence-corrected chi connectivity index (χ0v) is 14.7. The molecule has 1 saturated carbocycles. The van der Waals surface area contributed by atoms with Gasteiger partial charge in [-0.2, -0.15) is 0 Å². The van der Waals surface area contributed by atoms with Crippen LogP contribution in [0.2, 0.25) is 0 Å². The Kier molecular flexibility index (Phi) is 5.18. The summed E-state index contributed by atoms with van der Waals surface area (Å²) in [6, 6.07) is 4.59. The first-order valence-electron chi connectivity index (χ1n) is 8.85. The molecule has 1 aliphatic heterocycles. The van der Waals surface area contributed by atoms with Crippen molar-refractivity contribution in [2.75, 3.05) is 20.2 Å². The molecule has 6 nitrogen and oxygen atoms in total. The van der Waals surface area contributed by atoms with E-state index in [0.717, 1.165) is 11.3 Å². The molecule has 1 fully saturated rings. The number of hydrogen-bond donors (Lipinski definition) is 1. The van der Waals surface area contributed by atoms with Gasteiger partial charge in [0.15, 0.2) is 0 Å². The van der Waals surface area contributed by atoms with E-state index in [2.05, 4.69) is 12.2 Å². The minimum Gasteiger partial charge on any atom is -0.376 e. The van der Waals surface area contributed by atoms with Crippen molar-refractivity contribution in [3.63, 3.8) is 0 Å². The molecule has 2 aliphatic rings. The van der Waals surface area contributed by atoms with Gasteiger partial charge in [-0.3, -0.25) is 19.3 Å². The molecule has 2 atom stereocenters. The van der Waals surface area contributed by atoms with Gasteiger partial charge in [0.25, 0.3) is 17.7 Å². The van der Waals surface area contributed by atoms with Crippen LogP contribution in [0.4, 0.5) is 0 Å². The second-order valence-corrected chi connectivity index (χ2v) is 6.86. The van der Waals surface area contributed by atoms with E-state index < -0.39 is 0 Å². The van der Waals surface area contributed by atoms with Crippen LogP contribution in [0.15, 0.2) is 18.2 Å². The molecule has 25 heavy (non-hydrogen) atoms. The van der Waals surface area contributed by atoms with Gasteiger partial charge in [0.05, 0.1) is 23.8 Å². The Morgan fingerprint density at radius 2 is 1.92 bits per heavy atom. The number of carbonyl (C=O) groups excluding carboxylic acids is 3. The Labute approximate surface area is 147 Å². The summed E-state index contributed by atoms with van der Waals surface area (Å²) in [5, 5.41) is 2.81. The van der Waals surface area contributed by atoms with Gasteiger partial charge < -0.3 is 10.1 Å². The van der Waals surface area contributed by atoms with Crippen LogP contribution in [0.25, 0.3) is 0 Å². The van der Waals surface area contributed by atoms with Crippen molar-refractivity contribution in [2.24, 2.45) is 5.92 Å². The topological polar surface area (TPSA) is 75.7 Å². The van der Waals surface area contributed by atoms with Gasteiger partial charge in [0, 0.05) is 19.2 Å². The summed E-state index contributed by atoms with van der Waals surface area (Å²) in [4.78, 5) is 37.2. The number of fused-ring (bicyclic) bond motifs is 1. The quantitative estimate of drug-likeness (QED) is 0.656. The van der Waals surface area contributed by atoms with E-state index in [4.69, 9.17) is 4.74 Å². The van der Waals surface area contributed by atoms with Gasteiger partial charge in [-0.05, 0) is 37.0 Å². The highest BCUT2D eigenvalue weighted by Crippen LogP contribution is 2.26. The van der Waals surface area contributed by atoms with Crippen molar-refractivity contribution in [2.45, 2.75) is 38.7 Å². The average molecular weight is 344 g/mol. The van der Waals surface area contributed by atoms with Gasteiger partial charge >= 0.3 is 0 Å². The number of imide groups is 1. The van der Waals surface area contributed by atoms with Gasteiger partial charge in [0.1, 0.15) is 0 Å². The van der Waals surface area contributed by atoms with Crippen LogP contribution in [0.5, 0.6) is 0 Å². The molecule has 0 unspecified atom stereocenters. The summed E-state index contributed by atoms with van der Waals surface area (Å²) in [5.74, 6) is -0.397. The largest absolute Gasteiger partial charge is 0.376 e. The third-order valence-corrected chi connectivity index (χ3v) is 5.10.